The van der Waals surface area contributed by atoms with Crippen LogP contribution in [0, 0.1) is 24.2 Å². The molecule has 1 rings (SSSR count). The minimum absolute atomic E-state index is 0.327. The summed E-state index contributed by atoms with van der Waals surface area (Å²) in [5.41, 5.74) is 0. The van der Waals surface area contributed by atoms with Crippen molar-refractivity contribution in [3.8, 4) is 12.3 Å². The van der Waals surface area contributed by atoms with Crippen LogP contribution in [0.1, 0.15) is 52.9 Å². The Morgan fingerprint density at radius 3 is 2.06 bits per heavy atom. The quantitative estimate of drug-likeness (QED) is 0.523. The van der Waals surface area contributed by atoms with Gasteiger partial charge in [-0.05, 0) is 55.7 Å². The van der Waals surface area contributed by atoms with Gasteiger partial charge in [0.15, 0.2) is 8.32 Å². The SMILES string of the molecule is C#CC[C@H]1CC[C@H](CO[Si](C)(C)C(C)(C)C)CC1. The van der Waals surface area contributed by atoms with E-state index in [1.54, 1.807) is 0 Å². The Morgan fingerprint density at radius 2 is 1.61 bits per heavy atom. The van der Waals surface area contributed by atoms with Crippen LogP contribution in [0.5, 0.6) is 0 Å². The normalized spacial score (nSPS) is 25.8. The molecule has 0 bridgehead atoms. The van der Waals surface area contributed by atoms with E-state index < -0.39 is 8.32 Å². The van der Waals surface area contributed by atoms with E-state index in [1.165, 1.54) is 25.7 Å². The fourth-order valence-electron chi connectivity index (χ4n) is 2.31. The summed E-state index contributed by atoms with van der Waals surface area (Å²) in [4.78, 5) is 0. The second-order valence-corrected chi connectivity index (χ2v) is 12.2. The van der Waals surface area contributed by atoms with Gasteiger partial charge in [-0.15, -0.1) is 12.3 Å². The molecule has 1 aliphatic carbocycles. The van der Waals surface area contributed by atoms with Gasteiger partial charge >= 0.3 is 0 Å². The fraction of sp³-hybridized carbons (Fsp3) is 0.875. The second kappa shape index (κ2) is 6.26. The van der Waals surface area contributed by atoms with Crippen LogP contribution in [0.15, 0.2) is 0 Å². The maximum absolute atomic E-state index is 6.33. The van der Waals surface area contributed by atoms with Crippen molar-refractivity contribution >= 4 is 8.32 Å². The molecule has 0 saturated heterocycles. The van der Waals surface area contributed by atoms with E-state index in [0.29, 0.717) is 5.04 Å². The summed E-state index contributed by atoms with van der Waals surface area (Å²) in [5.74, 6) is 4.35. The third-order valence-corrected chi connectivity index (χ3v) is 9.36. The van der Waals surface area contributed by atoms with Crippen LogP contribution in [0.25, 0.3) is 0 Å². The van der Waals surface area contributed by atoms with Gasteiger partial charge in [-0.25, -0.2) is 0 Å². The largest absolute Gasteiger partial charge is 0.417 e. The number of rotatable bonds is 4. The molecule has 1 aliphatic rings. The summed E-state index contributed by atoms with van der Waals surface area (Å²) < 4.78 is 6.33. The fourth-order valence-corrected chi connectivity index (χ4v) is 3.40. The van der Waals surface area contributed by atoms with Gasteiger partial charge in [-0.2, -0.15) is 0 Å². The third-order valence-electron chi connectivity index (χ3n) is 4.86. The summed E-state index contributed by atoms with van der Waals surface area (Å²) in [7, 11) is -1.55. The molecule has 0 atom stereocenters. The average Bonchev–Trinajstić information content (AvgIpc) is 2.27. The van der Waals surface area contributed by atoms with Crippen molar-refractivity contribution in [2.24, 2.45) is 11.8 Å². The summed E-state index contributed by atoms with van der Waals surface area (Å²) >= 11 is 0. The van der Waals surface area contributed by atoms with E-state index in [9.17, 15) is 0 Å². The third kappa shape index (κ3) is 4.44. The smallest absolute Gasteiger partial charge is 0.191 e. The van der Waals surface area contributed by atoms with Gasteiger partial charge in [0.1, 0.15) is 0 Å². The maximum Gasteiger partial charge on any atom is 0.191 e. The first-order valence-electron chi connectivity index (χ1n) is 7.33. The number of hydrogen-bond acceptors (Lipinski definition) is 1. The molecule has 2 heteroatoms. The van der Waals surface area contributed by atoms with E-state index >= 15 is 0 Å². The van der Waals surface area contributed by atoms with Crippen LogP contribution in [0.3, 0.4) is 0 Å². The average molecular weight is 267 g/mol. The molecule has 1 fully saturated rings. The summed E-state index contributed by atoms with van der Waals surface area (Å²) in [6.07, 6.45) is 11.6. The highest BCUT2D eigenvalue weighted by molar-refractivity contribution is 6.74. The molecule has 0 aromatic heterocycles. The van der Waals surface area contributed by atoms with E-state index in [-0.39, 0.29) is 0 Å². The summed E-state index contributed by atoms with van der Waals surface area (Å²) in [6, 6.07) is 0. The Bertz CT molecular complexity index is 287. The number of terminal acetylenes is 1. The molecule has 0 aromatic rings. The molecule has 0 aromatic carbocycles. The first kappa shape index (κ1) is 15.8. The Morgan fingerprint density at radius 1 is 1.11 bits per heavy atom. The van der Waals surface area contributed by atoms with Crippen LogP contribution in [0.4, 0.5) is 0 Å². The van der Waals surface area contributed by atoms with E-state index in [1.807, 2.05) is 0 Å². The van der Waals surface area contributed by atoms with Crippen LogP contribution in [-0.2, 0) is 4.43 Å². The molecule has 0 aliphatic heterocycles. The van der Waals surface area contributed by atoms with E-state index in [4.69, 9.17) is 10.8 Å². The van der Waals surface area contributed by atoms with Crippen molar-refractivity contribution in [3.05, 3.63) is 0 Å². The molecule has 0 spiro atoms. The van der Waals surface area contributed by atoms with Crippen molar-refractivity contribution in [1.82, 2.24) is 0 Å². The molecule has 0 heterocycles. The van der Waals surface area contributed by atoms with Gasteiger partial charge in [-0.3, -0.25) is 0 Å². The van der Waals surface area contributed by atoms with E-state index in [2.05, 4.69) is 39.8 Å². The minimum atomic E-state index is -1.55. The molecule has 0 amide bonds. The molecule has 0 radical (unpaired) electrons. The lowest BCUT2D eigenvalue weighted by molar-refractivity contribution is 0.172. The van der Waals surface area contributed by atoms with Gasteiger partial charge in [0.25, 0.3) is 0 Å². The van der Waals surface area contributed by atoms with Crippen LogP contribution < -0.4 is 0 Å². The van der Waals surface area contributed by atoms with Gasteiger partial charge in [0, 0.05) is 13.0 Å². The van der Waals surface area contributed by atoms with Crippen LogP contribution >= 0.6 is 0 Å². The zero-order chi connectivity index (χ0) is 13.8. The molecule has 1 nitrogen and oxygen atoms in total. The lowest BCUT2D eigenvalue weighted by Crippen LogP contribution is -2.42. The molecule has 0 unspecified atom stereocenters. The maximum atomic E-state index is 6.33. The second-order valence-electron chi connectivity index (χ2n) is 7.37. The lowest BCUT2D eigenvalue weighted by Gasteiger charge is -2.38. The monoisotopic (exact) mass is 266 g/mol. The van der Waals surface area contributed by atoms with Gasteiger partial charge in [-0.1, -0.05) is 20.8 Å². The van der Waals surface area contributed by atoms with Crippen molar-refractivity contribution in [2.75, 3.05) is 6.61 Å². The van der Waals surface area contributed by atoms with Crippen LogP contribution in [-0.4, -0.2) is 14.9 Å². The van der Waals surface area contributed by atoms with Crippen molar-refractivity contribution in [3.63, 3.8) is 0 Å². The predicted molar refractivity (Wildman–Crippen MR) is 82.0 cm³/mol. The minimum Gasteiger partial charge on any atom is -0.417 e. The highest BCUT2D eigenvalue weighted by Crippen LogP contribution is 2.38. The Hall–Kier alpha value is -0.263. The Labute approximate surface area is 115 Å². The predicted octanol–water partition coefficient (Wildman–Crippen LogP) is 4.84. The first-order chi connectivity index (χ1) is 8.26. The molecule has 104 valence electrons. The van der Waals surface area contributed by atoms with Crippen molar-refractivity contribution in [2.45, 2.75) is 71.0 Å². The van der Waals surface area contributed by atoms with Gasteiger partial charge in [0.2, 0.25) is 0 Å². The van der Waals surface area contributed by atoms with Crippen molar-refractivity contribution < 1.29 is 4.43 Å². The van der Waals surface area contributed by atoms with Crippen LogP contribution in [0.2, 0.25) is 18.1 Å². The zero-order valence-corrected chi connectivity index (χ0v) is 13.9. The lowest BCUT2D eigenvalue weighted by atomic mass is 9.81. The Kier molecular flexibility index (Phi) is 5.49. The molecular formula is C16H30OSi. The summed E-state index contributed by atoms with van der Waals surface area (Å²) in [6.45, 7) is 12.6. The molecule has 1 saturated carbocycles. The molecule has 18 heavy (non-hydrogen) atoms. The van der Waals surface area contributed by atoms with Gasteiger partial charge < -0.3 is 4.43 Å². The summed E-state index contributed by atoms with van der Waals surface area (Å²) in [5, 5.41) is 0.327. The van der Waals surface area contributed by atoms with Gasteiger partial charge in [0.05, 0.1) is 0 Å². The highest BCUT2D eigenvalue weighted by Gasteiger charge is 2.37. The number of hydrogen-bond donors (Lipinski definition) is 0. The standard InChI is InChI=1S/C16H30OSi/c1-7-8-14-9-11-15(12-10-14)13-17-18(5,6)16(2,3)4/h1,14-15H,8-13H2,2-6H3/t14-,15-. The highest BCUT2D eigenvalue weighted by atomic mass is 28.4. The van der Waals surface area contributed by atoms with E-state index in [0.717, 1.165) is 24.9 Å². The molecule has 0 N–H and O–H groups in total. The molecular weight excluding hydrogens is 236 g/mol. The first-order valence-corrected chi connectivity index (χ1v) is 10.2. The zero-order valence-electron chi connectivity index (χ0n) is 12.9. The van der Waals surface area contributed by atoms with Crippen molar-refractivity contribution in [1.29, 1.82) is 0 Å². The topological polar surface area (TPSA) is 9.23 Å². The Balaban J connectivity index is 2.32.